The minimum atomic E-state index is 0.161. The van der Waals surface area contributed by atoms with Gasteiger partial charge in [-0.25, -0.2) is 0 Å². The van der Waals surface area contributed by atoms with E-state index in [2.05, 4.69) is 5.32 Å². The van der Waals surface area contributed by atoms with Crippen LogP contribution in [0.4, 0.5) is 0 Å². The number of carbonyl (C=O) groups is 2. The quantitative estimate of drug-likeness (QED) is 0.719. The maximum atomic E-state index is 11.9. The van der Waals surface area contributed by atoms with E-state index in [0.29, 0.717) is 25.3 Å². The molecule has 2 atom stereocenters. The normalized spacial score (nSPS) is 28.5. The van der Waals surface area contributed by atoms with Crippen molar-refractivity contribution in [2.45, 2.75) is 38.1 Å². The zero-order chi connectivity index (χ0) is 12.3. The molecule has 96 valence electrons. The van der Waals surface area contributed by atoms with Gasteiger partial charge >= 0.3 is 0 Å². The summed E-state index contributed by atoms with van der Waals surface area (Å²) in [6, 6.07) is 0.287. The topological polar surface area (TPSA) is 75.4 Å². The number of rotatable bonds is 3. The average Bonchev–Trinajstić information content (AvgIpc) is 2.35. The Bertz CT molecular complexity index is 306. The van der Waals surface area contributed by atoms with Crippen LogP contribution in [-0.4, -0.2) is 42.4 Å². The van der Waals surface area contributed by atoms with Crippen LogP contribution in [0.3, 0.4) is 0 Å². The van der Waals surface area contributed by atoms with Crippen molar-refractivity contribution < 1.29 is 9.59 Å². The van der Waals surface area contributed by atoms with Crippen molar-refractivity contribution in [2.75, 3.05) is 19.6 Å². The molecule has 0 aromatic heterocycles. The lowest BCUT2D eigenvalue weighted by Gasteiger charge is -2.41. The number of hydrogen-bond donors (Lipinski definition) is 2. The SMILES string of the molecule is NCCCC(=O)N1CCC2NC(=O)CCC2C1. The summed E-state index contributed by atoms with van der Waals surface area (Å²) < 4.78 is 0. The summed E-state index contributed by atoms with van der Waals surface area (Å²) in [5.41, 5.74) is 5.41. The lowest BCUT2D eigenvalue weighted by Crippen LogP contribution is -2.55. The third-order valence-corrected chi connectivity index (χ3v) is 3.77. The molecule has 0 spiro atoms. The average molecular weight is 239 g/mol. The Morgan fingerprint density at radius 3 is 3.06 bits per heavy atom. The van der Waals surface area contributed by atoms with Gasteiger partial charge in [0.25, 0.3) is 0 Å². The van der Waals surface area contributed by atoms with Gasteiger partial charge in [-0.15, -0.1) is 0 Å². The van der Waals surface area contributed by atoms with E-state index in [0.717, 1.165) is 32.4 Å². The highest BCUT2D eigenvalue weighted by atomic mass is 16.2. The fourth-order valence-corrected chi connectivity index (χ4v) is 2.75. The van der Waals surface area contributed by atoms with Crippen molar-refractivity contribution in [1.82, 2.24) is 10.2 Å². The fraction of sp³-hybridized carbons (Fsp3) is 0.833. The maximum absolute atomic E-state index is 11.9. The summed E-state index contributed by atoms with van der Waals surface area (Å²) in [4.78, 5) is 25.1. The molecular formula is C12H21N3O2. The summed E-state index contributed by atoms with van der Waals surface area (Å²) >= 11 is 0. The maximum Gasteiger partial charge on any atom is 0.222 e. The van der Waals surface area contributed by atoms with Gasteiger partial charge < -0.3 is 16.0 Å². The van der Waals surface area contributed by atoms with Crippen LogP contribution < -0.4 is 11.1 Å². The van der Waals surface area contributed by atoms with E-state index >= 15 is 0 Å². The molecule has 3 N–H and O–H groups in total. The summed E-state index contributed by atoms with van der Waals surface area (Å²) in [7, 11) is 0. The Morgan fingerprint density at radius 2 is 2.29 bits per heavy atom. The Hall–Kier alpha value is -1.10. The van der Waals surface area contributed by atoms with Gasteiger partial charge in [-0.3, -0.25) is 9.59 Å². The Kier molecular flexibility index (Phi) is 3.99. The highest BCUT2D eigenvalue weighted by Crippen LogP contribution is 2.25. The molecule has 2 unspecified atom stereocenters. The van der Waals surface area contributed by atoms with Crippen LogP contribution in [0.2, 0.25) is 0 Å². The highest BCUT2D eigenvalue weighted by Gasteiger charge is 2.34. The largest absolute Gasteiger partial charge is 0.353 e. The molecule has 2 amide bonds. The predicted octanol–water partition coefficient (Wildman–Crippen LogP) is -0.148. The summed E-state index contributed by atoms with van der Waals surface area (Å²) in [6.45, 7) is 2.14. The molecule has 2 rings (SSSR count). The first-order valence-electron chi connectivity index (χ1n) is 6.48. The molecule has 2 aliphatic rings. The Morgan fingerprint density at radius 1 is 1.47 bits per heavy atom. The second-order valence-corrected chi connectivity index (χ2v) is 4.99. The minimum Gasteiger partial charge on any atom is -0.353 e. The summed E-state index contributed by atoms with van der Waals surface area (Å²) in [5.74, 6) is 0.822. The van der Waals surface area contributed by atoms with Gasteiger partial charge in [-0.05, 0) is 31.7 Å². The second-order valence-electron chi connectivity index (χ2n) is 4.99. The molecular weight excluding hydrogens is 218 g/mol. The van der Waals surface area contributed by atoms with Crippen LogP contribution in [-0.2, 0) is 9.59 Å². The van der Waals surface area contributed by atoms with Crippen molar-refractivity contribution in [3.8, 4) is 0 Å². The molecule has 17 heavy (non-hydrogen) atoms. The molecule has 2 aliphatic heterocycles. The Balaban J connectivity index is 1.85. The van der Waals surface area contributed by atoms with Crippen molar-refractivity contribution >= 4 is 11.8 Å². The first-order chi connectivity index (χ1) is 8.20. The lowest BCUT2D eigenvalue weighted by molar-refractivity contribution is -0.134. The monoisotopic (exact) mass is 239 g/mol. The van der Waals surface area contributed by atoms with Gasteiger partial charge in [0.05, 0.1) is 0 Å². The number of fused-ring (bicyclic) bond motifs is 1. The van der Waals surface area contributed by atoms with E-state index < -0.39 is 0 Å². The van der Waals surface area contributed by atoms with Gasteiger partial charge in [0.15, 0.2) is 0 Å². The van der Waals surface area contributed by atoms with E-state index in [4.69, 9.17) is 5.73 Å². The van der Waals surface area contributed by atoms with E-state index in [9.17, 15) is 9.59 Å². The fourth-order valence-electron chi connectivity index (χ4n) is 2.75. The molecule has 2 saturated heterocycles. The number of nitrogens with two attached hydrogens (primary N) is 1. The Labute approximate surface area is 102 Å². The zero-order valence-corrected chi connectivity index (χ0v) is 10.2. The number of carbonyl (C=O) groups excluding carboxylic acids is 2. The van der Waals surface area contributed by atoms with Crippen LogP contribution in [0.5, 0.6) is 0 Å². The molecule has 0 saturated carbocycles. The third-order valence-electron chi connectivity index (χ3n) is 3.77. The van der Waals surface area contributed by atoms with Gasteiger partial charge in [0, 0.05) is 32.0 Å². The van der Waals surface area contributed by atoms with Gasteiger partial charge in [0.2, 0.25) is 11.8 Å². The van der Waals surface area contributed by atoms with Crippen molar-refractivity contribution in [3.05, 3.63) is 0 Å². The molecule has 0 aromatic carbocycles. The molecule has 0 bridgehead atoms. The first kappa shape index (κ1) is 12.4. The molecule has 5 nitrogen and oxygen atoms in total. The first-order valence-corrected chi connectivity index (χ1v) is 6.48. The van der Waals surface area contributed by atoms with E-state index in [1.165, 1.54) is 0 Å². The van der Waals surface area contributed by atoms with Crippen molar-refractivity contribution in [1.29, 1.82) is 0 Å². The summed E-state index contributed by atoms with van der Waals surface area (Å²) in [6.07, 6.45) is 3.73. The third kappa shape index (κ3) is 2.97. The molecule has 2 fully saturated rings. The van der Waals surface area contributed by atoms with Crippen LogP contribution in [0.1, 0.15) is 32.1 Å². The highest BCUT2D eigenvalue weighted by molar-refractivity contribution is 5.78. The van der Waals surface area contributed by atoms with E-state index in [1.807, 2.05) is 4.90 Å². The standard InChI is InChI=1S/C12H21N3O2/c13-6-1-2-12(17)15-7-5-10-9(8-15)3-4-11(16)14-10/h9-10H,1-8,13H2,(H,14,16). The molecule has 0 aromatic rings. The van der Waals surface area contributed by atoms with Gasteiger partial charge in [-0.1, -0.05) is 0 Å². The number of hydrogen-bond acceptors (Lipinski definition) is 3. The molecule has 2 heterocycles. The number of nitrogens with one attached hydrogen (secondary N) is 1. The molecule has 0 aliphatic carbocycles. The lowest BCUT2D eigenvalue weighted by atomic mass is 9.85. The van der Waals surface area contributed by atoms with Gasteiger partial charge in [0.1, 0.15) is 0 Å². The number of likely N-dealkylation sites (tertiary alicyclic amines) is 1. The van der Waals surface area contributed by atoms with Gasteiger partial charge in [-0.2, -0.15) is 0 Å². The summed E-state index contributed by atoms with van der Waals surface area (Å²) in [5, 5.41) is 3.02. The number of nitrogens with zero attached hydrogens (tertiary/aromatic N) is 1. The van der Waals surface area contributed by atoms with E-state index in [1.54, 1.807) is 0 Å². The minimum absolute atomic E-state index is 0.161. The van der Waals surface area contributed by atoms with Crippen LogP contribution >= 0.6 is 0 Å². The smallest absolute Gasteiger partial charge is 0.222 e. The molecule has 0 radical (unpaired) electrons. The number of piperidine rings is 2. The zero-order valence-electron chi connectivity index (χ0n) is 10.2. The van der Waals surface area contributed by atoms with E-state index in [-0.39, 0.29) is 17.9 Å². The van der Waals surface area contributed by atoms with Crippen LogP contribution in [0.15, 0.2) is 0 Å². The van der Waals surface area contributed by atoms with Crippen LogP contribution in [0, 0.1) is 5.92 Å². The predicted molar refractivity (Wildman–Crippen MR) is 64.1 cm³/mol. The number of amides is 2. The second kappa shape index (κ2) is 5.49. The van der Waals surface area contributed by atoms with Crippen molar-refractivity contribution in [3.63, 3.8) is 0 Å². The molecule has 5 heteroatoms. The van der Waals surface area contributed by atoms with Crippen molar-refractivity contribution in [2.24, 2.45) is 11.7 Å². The van der Waals surface area contributed by atoms with Crippen LogP contribution in [0.25, 0.3) is 0 Å².